The fraction of sp³-hybridized carbons (Fsp3) is 0.538. The molecule has 0 aromatic carbocycles. The van der Waals surface area contributed by atoms with E-state index in [0.717, 1.165) is 0 Å². The van der Waals surface area contributed by atoms with Gasteiger partial charge in [0.2, 0.25) is 5.91 Å². The van der Waals surface area contributed by atoms with Crippen molar-refractivity contribution in [2.75, 3.05) is 5.32 Å². The predicted molar refractivity (Wildman–Crippen MR) is 74.7 cm³/mol. The van der Waals surface area contributed by atoms with Crippen LogP contribution in [0, 0.1) is 12.3 Å². The maximum atomic E-state index is 12.3. The van der Waals surface area contributed by atoms with E-state index in [1.165, 1.54) is 0 Å². The summed E-state index contributed by atoms with van der Waals surface area (Å²) in [7, 11) is 0. The van der Waals surface area contributed by atoms with Crippen molar-refractivity contribution in [3.63, 3.8) is 0 Å². The highest BCUT2D eigenvalue weighted by molar-refractivity contribution is 6.29. The summed E-state index contributed by atoms with van der Waals surface area (Å²) in [5, 5.41) is 3.25. The zero-order chi connectivity index (χ0) is 14.1. The SMILES string of the molecule is Cc1nc(Cl)ccc1NC(=O)C(C)(C)C(C)(C)N. The molecular formula is C13H20ClN3O. The molecule has 4 nitrogen and oxygen atoms in total. The van der Waals surface area contributed by atoms with Crippen molar-refractivity contribution in [1.29, 1.82) is 0 Å². The second kappa shape index (κ2) is 4.86. The number of nitrogens with zero attached hydrogens (tertiary/aromatic N) is 1. The van der Waals surface area contributed by atoms with Gasteiger partial charge in [-0.3, -0.25) is 4.79 Å². The number of halogens is 1. The molecule has 1 rings (SSSR count). The van der Waals surface area contributed by atoms with Crippen LogP contribution in [0.4, 0.5) is 5.69 Å². The first-order valence-electron chi connectivity index (χ1n) is 5.79. The molecule has 1 aromatic rings. The number of amides is 1. The molecule has 0 aliphatic heterocycles. The van der Waals surface area contributed by atoms with Crippen molar-refractivity contribution in [2.24, 2.45) is 11.1 Å². The van der Waals surface area contributed by atoms with Gasteiger partial charge in [0.05, 0.1) is 16.8 Å². The van der Waals surface area contributed by atoms with Crippen LogP contribution in [0.2, 0.25) is 5.15 Å². The molecule has 3 N–H and O–H groups in total. The summed E-state index contributed by atoms with van der Waals surface area (Å²) >= 11 is 5.77. The van der Waals surface area contributed by atoms with Gasteiger partial charge in [-0.1, -0.05) is 11.6 Å². The van der Waals surface area contributed by atoms with E-state index in [2.05, 4.69) is 10.3 Å². The lowest BCUT2D eigenvalue weighted by atomic mass is 9.74. The Labute approximate surface area is 113 Å². The number of anilines is 1. The van der Waals surface area contributed by atoms with Gasteiger partial charge in [-0.25, -0.2) is 4.98 Å². The Morgan fingerprint density at radius 2 is 1.89 bits per heavy atom. The summed E-state index contributed by atoms with van der Waals surface area (Å²) in [6.45, 7) is 9.10. The van der Waals surface area contributed by atoms with Crippen molar-refractivity contribution >= 4 is 23.2 Å². The number of aromatic nitrogens is 1. The highest BCUT2D eigenvalue weighted by Gasteiger charge is 2.40. The molecule has 0 radical (unpaired) electrons. The molecule has 0 saturated heterocycles. The number of rotatable bonds is 3. The lowest BCUT2D eigenvalue weighted by molar-refractivity contribution is -0.126. The Balaban J connectivity index is 2.95. The highest BCUT2D eigenvalue weighted by atomic mass is 35.5. The molecule has 0 aliphatic carbocycles. The van der Waals surface area contributed by atoms with E-state index in [1.807, 2.05) is 27.7 Å². The first kappa shape index (κ1) is 14.9. The number of aryl methyl sites for hydroxylation is 1. The van der Waals surface area contributed by atoms with Crippen LogP contribution in [0.15, 0.2) is 12.1 Å². The smallest absolute Gasteiger partial charge is 0.231 e. The fourth-order valence-corrected chi connectivity index (χ4v) is 1.42. The van der Waals surface area contributed by atoms with Crippen LogP contribution in [0.25, 0.3) is 0 Å². The molecule has 100 valence electrons. The third kappa shape index (κ3) is 3.00. The summed E-state index contributed by atoms with van der Waals surface area (Å²) in [6.07, 6.45) is 0. The Morgan fingerprint density at radius 1 is 1.33 bits per heavy atom. The van der Waals surface area contributed by atoms with Gasteiger partial charge < -0.3 is 11.1 Å². The number of pyridine rings is 1. The second-order valence-corrected chi connectivity index (χ2v) is 5.96. The molecule has 0 saturated carbocycles. The zero-order valence-electron chi connectivity index (χ0n) is 11.5. The minimum atomic E-state index is -0.695. The molecule has 0 unspecified atom stereocenters. The number of carbonyl (C=O) groups is 1. The average Bonchev–Trinajstić information content (AvgIpc) is 2.20. The van der Waals surface area contributed by atoms with E-state index in [4.69, 9.17) is 17.3 Å². The van der Waals surface area contributed by atoms with Crippen molar-refractivity contribution in [3.05, 3.63) is 23.0 Å². The molecular weight excluding hydrogens is 250 g/mol. The van der Waals surface area contributed by atoms with Crippen LogP contribution in [0.1, 0.15) is 33.4 Å². The molecule has 0 atom stereocenters. The van der Waals surface area contributed by atoms with Crippen LogP contribution >= 0.6 is 11.6 Å². The lowest BCUT2D eigenvalue weighted by Crippen LogP contribution is -2.53. The van der Waals surface area contributed by atoms with Crippen molar-refractivity contribution in [3.8, 4) is 0 Å². The molecule has 0 bridgehead atoms. The molecule has 5 heteroatoms. The molecule has 1 amide bonds. The summed E-state index contributed by atoms with van der Waals surface area (Å²) in [5.74, 6) is -0.137. The highest BCUT2D eigenvalue weighted by Crippen LogP contribution is 2.30. The van der Waals surface area contributed by atoms with Gasteiger partial charge in [-0.2, -0.15) is 0 Å². The van der Waals surface area contributed by atoms with Gasteiger partial charge in [0.25, 0.3) is 0 Å². The Hall–Kier alpha value is -1.13. The number of hydrogen-bond acceptors (Lipinski definition) is 3. The van der Waals surface area contributed by atoms with E-state index in [1.54, 1.807) is 19.1 Å². The van der Waals surface area contributed by atoms with E-state index >= 15 is 0 Å². The predicted octanol–water partition coefficient (Wildman–Crippen LogP) is 2.75. The Kier molecular flexibility index (Phi) is 4.03. The van der Waals surface area contributed by atoms with Crippen LogP contribution in [0.3, 0.4) is 0 Å². The number of carbonyl (C=O) groups excluding carboxylic acids is 1. The quantitative estimate of drug-likeness (QED) is 0.829. The van der Waals surface area contributed by atoms with E-state index < -0.39 is 11.0 Å². The topological polar surface area (TPSA) is 68.0 Å². The van der Waals surface area contributed by atoms with Crippen molar-refractivity contribution in [1.82, 2.24) is 4.98 Å². The first-order valence-corrected chi connectivity index (χ1v) is 6.17. The standard InChI is InChI=1S/C13H20ClN3O/c1-8-9(6-7-10(14)16-8)17-11(18)12(2,3)13(4,5)15/h6-7H,15H2,1-5H3,(H,17,18). The molecule has 0 aliphatic rings. The Bertz CT molecular complexity index is 464. The van der Waals surface area contributed by atoms with E-state index in [-0.39, 0.29) is 5.91 Å². The lowest BCUT2D eigenvalue weighted by Gasteiger charge is -2.36. The number of nitrogens with two attached hydrogens (primary N) is 1. The largest absolute Gasteiger partial charge is 0.325 e. The van der Waals surface area contributed by atoms with Crippen LogP contribution in [0.5, 0.6) is 0 Å². The summed E-state index contributed by atoms with van der Waals surface area (Å²) < 4.78 is 0. The van der Waals surface area contributed by atoms with E-state index in [9.17, 15) is 4.79 Å². The minimum Gasteiger partial charge on any atom is -0.325 e. The molecule has 1 aromatic heterocycles. The fourth-order valence-electron chi connectivity index (χ4n) is 1.23. The normalized spacial score (nSPS) is 12.4. The van der Waals surface area contributed by atoms with Gasteiger partial charge in [0, 0.05) is 5.54 Å². The van der Waals surface area contributed by atoms with Crippen LogP contribution < -0.4 is 11.1 Å². The van der Waals surface area contributed by atoms with Gasteiger partial charge in [0.1, 0.15) is 5.15 Å². The van der Waals surface area contributed by atoms with Crippen molar-refractivity contribution < 1.29 is 4.79 Å². The van der Waals surface area contributed by atoms with Crippen LogP contribution in [-0.2, 0) is 4.79 Å². The molecule has 18 heavy (non-hydrogen) atoms. The van der Waals surface area contributed by atoms with Gasteiger partial charge in [0.15, 0.2) is 0 Å². The third-order valence-corrected chi connectivity index (χ3v) is 3.69. The monoisotopic (exact) mass is 269 g/mol. The summed E-state index contributed by atoms with van der Waals surface area (Å²) in [6, 6.07) is 3.38. The van der Waals surface area contributed by atoms with Crippen molar-refractivity contribution in [2.45, 2.75) is 40.2 Å². The van der Waals surface area contributed by atoms with E-state index in [0.29, 0.717) is 16.5 Å². The van der Waals surface area contributed by atoms with Gasteiger partial charge in [-0.15, -0.1) is 0 Å². The van der Waals surface area contributed by atoms with Gasteiger partial charge >= 0.3 is 0 Å². The molecule has 0 spiro atoms. The maximum Gasteiger partial charge on any atom is 0.231 e. The summed E-state index contributed by atoms with van der Waals surface area (Å²) in [5.41, 5.74) is 6.05. The average molecular weight is 270 g/mol. The van der Waals surface area contributed by atoms with Gasteiger partial charge in [-0.05, 0) is 46.8 Å². The number of hydrogen-bond donors (Lipinski definition) is 2. The second-order valence-electron chi connectivity index (χ2n) is 5.57. The first-order chi connectivity index (χ1) is 8.05. The molecule has 0 fully saturated rings. The number of nitrogens with one attached hydrogen (secondary N) is 1. The maximum absolute atomic E-state index is 12.3. The molecule has 1 heterocycles. The minimum absolute atomic E-state index is 0.137. The summed E-state index contributed by atoms with van der Waals surface area (Å²) in [4.78, 5) is 16.4. The van der Waals surface area contributed by atoms with Crippen LogP contribution in [-0.4, -0.2) is 16.4 Å². The zero-order valence-corrected chi connectivity index (χ0v) is 12.2. The Morgan fingerprint density at radius 3 is 2.33 bits per heavy atom. The third-order valence-electron chi connectivity index (χ3n) is 3.48.